The van der Waals surface area contributed by atoms with Gasteiger partial charge < -0.3 is 11.1 Å². The molecule has 0 unspecified atom stereocenters. The van der Waals surface area contributed by atoms with Crippen LogP contribution in [0.2, 0.25) is 0 Å². The predicted molar refractivity (Wildman–Crippen MR) is 93.2 cm³/mol. The lowest BCUT2D eigenvalue weighted by Crippen LogP contribution is -2.23. The highest BCUT2D eigenvalue weighted by Gasteiger charge is 2.10. The van der Waals surface area contributed by atoms with Gasteiger partial charge in [-0.05, 0) is 23.1 Å². The Hall–Kier alpha value is -2.52. The highest BCUT2D eigenvalue weighted by Crippen LogP contribution is 2.24. The van der Waals surface area contributed by atoms with Crippen molar-refractivity contribution in [2.24, 2.45) is 0 Å². The first kappa shape index (κ1) is 15.9. The minimum atomic E-state index is -0.0879. The summed E-state index contributed by atoms with van der Waals surface area (Å²) in [4.78, 5) is 12.4. The first-order valence-corrected chi connectivity index (χ1v) is 6.85. The monoisotopic (exact) mass is 312 g/mol. The first-order valence-electron chi connectivity index (χ1n) is 6.85. The van der Waals surface area contributed by atoms with Gasteiger partial charge in [-0.15, -0.1) is 12.4 Å². The number of anilines is 1. The molecule has 4 heteroatoms. The molecule has 3 aromatic rings. The molecule has 0 radical (unpaired) electrons. The van der Waals surface area contributed by atoms with Crippen molar-refractivity contribution in [3.05, 3.63) is 77.9 Å². The van der Waals surface area contributed by atoms with Crippen LogP contribution in [0.5, 0.6) is 0 Å². The lowest BCUT2D eigenvalue weighted by molar-refractivity contribution is 0.0952. The highest BCUT2D eigenvalue weighted by atomic mass is 35.5. The van der Waals surface area contributed by atoms with Gasteiger partial charge in [0.25, 0.3) is 5.91 Å². The summed E-state index contributed by atoms with van der Waals surface area (Å²) in [6.07, 6.45) is 0. The summed E-state index contributed by atoms with van der Waals surface area (Å²) < 4.78 is 0. The third kappa shape index (κ3) is 3.21. The fourth-order valence-corrected chi connectivity index (χ4v) is 2.41. The number of fused-ring (bicyclic) bond motifs is 1. The highest BCUT2D eigenvalue weighted by molar-refractivity contribution is 6.09. The maximum absolute atomic E-state index is 12.4. The zero-order chi connectivity index (χ0) is 14.7. The lowest BCUT2D eigenvalue weighted by Gasteiger charge is -2.09. The van der Waals surface area contributed by atoms with E-state index in [-0.39, 0.29) is 18.3 Å². The van der Waals surface area contributed by atoms with Gasteiger partial charge in [-0.2, -0.15) is 0 Å². The number of benzene rings is 3. The molecule has 0 heterocycles. The first-order chi connectivity index (χ1) is 10.3. The molecule has 0 spiro atoms. The summed E-state index contributed by atoms with van der Waals surface area (Å²) in [6.45, 7) is 0.512. The molecule has 0 aliphatic carbocycles. The fraction of sp³-hybridized carbons (Fsp3) is 0.0556. The molecule has 0 aromatic heterocycles. The van der Waals surface area contributed by atoms with Crippen LogP contribution in [0.3, 0.4) is 0 Å². The molecular formula is C18H17ClN2O. The third-order valence-corrected chi connectivity index (χ3v) is 3.50. The number of rotatable bonds is 3. The number of hydrogen-bond acceptors (Lipinski definition) is 2. The zero-order valence-corrected chi connectivity index (χ0v) is 12.8. The van der Waals surface area contributed by atoms with Gasteiger partial charge in [-0.1, -0.05) is 54.6 Å². The Balaban J connectivity index is 0.00000176. The summed E-state index contributed by atoms with van der Waals surface area (Å²) in [5.41, 5.74) is 8.37. The molecule has 0 saturated heterocycles. The van der Waals surface area contributed by atoms with E-state index >= 15 is 0 Å². The summed E-state index contributed by atoms with van der Waals surface area (Å²) >= 11 is 0. The van der Waals surface area contributed by atoms with Gasteiger partial charge in [-0.25, -0.2) is 0 Å². The minimum absolute atomic E-state index is 0. The number of nitrogens with two attached hydrogens (primary N) is 1. The van der Waals surface area contributed by atoms with E-state index in [9.17, 15) is 4.79 Å². The van der Waals surface area contributed by atoms with Crippen LogP contribution in [0.4, 0.5) is 5.69 Å². The summed E-state index contributed by atoms with van der Waals surface area (Å²) in [5.74, 6) is -0.0879. The second kappa shape index (κ2) is 6.96. The van der Waals surface area contributed by atoms with Crippen molar-refractivity contribution in [1.82, 2.24) is 5.32 Å². The van der Waals surface area contributed by atoms with Gasteiger partial charge in [-0.3, -0.25) is 4.79 Å². The van der Waals surface area contributed by atoms with E-state index < -0.39 is 0 Å². The molecule has 0 aliphatic rings. The molecule has 3 aromatic carbocycles. The van der Waals surface area contributed by atoms with Crippen LogP contribution in [0, 0.1) is 0 Å². The molecule has 3 rings (SSSR count). The van der Waals surface area contributed by atoms with Crippen LogP contribution in [-0.2, 0) is 6.54 Å². The zero-order valence-electron chi connectivity index (χ0n) is 12.0. The van der Waals surface area contributed by atoms with E-state index in [2.05, 4.69) is 5.32 Å². The van der Waals surface area contributed by atoms with Crippen LogP contribution < -0.4 is 11.1 Å². The van der Waals surface area contributed by atoms with Crippen LogP contribution in [0.15, 0.2) is 66.7 Å². The standard InChI is InChI=1S/C18H16N2O.ClH/c19-17-11-5-8-14-15(17)9-4-10-16(14)18(21)20-12-13-6-2-1-3-7-13;/h1-11H,12,19H2,(H,20,21);1H. The molecule has 0 bridgehead atoms. The van der Waals surface area contributed by atoms with Crippen LogP contribution in [0.25, 0.3) is 10.8 Å². The number of hydrogen-bond donors (Lipinski definition) is 2. The van der Waals surface area contributed by atoms with Crippen molar-refractivity contribution in [3.63, 3.8) is 0 Å². The molecule has 0 aliphatic heterocycles. The van der Waals surface area contributed by atoms with Crippen molar-refractivity contribution >= 4 is 34.8 Å². The average molecular weight is 313 g/mol. The predicted octanol–water partition coefficient (Wildman–Crippen LogP) is 3.77. The smallest absolute Gasteiger partial charge is 0.252 e. The quantitative estimate of drug-likeness (QED) is 0.723. The summed E-state index contributed by atoms with van der Waals surface area (Å²) in [6, 6.07) is 21.1. The SMILES string of the molecule is Cl.Nc1cccc2c(C(=O)NCc3ccccc3)cccc12. The Kier molecular flexibility index (Phi) is 5.02. The van der Waals surface area contributed by atoms with E-state index in [0.29, 0.717) is 17.8 Å². The molecule has 0 saturated carbocycles. The van der Waals surface area contributed by atoms with E-state index in [0.717, 1.165) is 16.3 Å². The molecule has 112 valence electrons. The van der Waals surface area contributed by atoms with E-state index in [1.54, 1.807) is 0 Å². The van der Waals surface area contributed by atoms with E-state index in [1.165, 1.54) is 0 Å². The van der Waals surface area contributed by atoms with Crippen molar-refractivity contribution in [1.29, 1.82) is 0 Å². The van der Waals surface area contributed by atoms with E-state index in [4.69, 9.17) is 5.73 Å². The third-order valence-electron chi connectivity index (χ3n) is 3.50. The number of carbonyl (C=O) groups is 1. The Morgan fingerprint density at radius 2 is 1.55 bits per heavy atom. The summed E-state index contributed by atoms with van der Waals surface area (Å²) in [7, 11) is 0. The number of carbonyl (C=O) groups excluding carboxylic acids is 1. The Morgan fingerprint density at radius 1 is 0.864 bits per heavy atom. The molecule has 3 N–H and O–H groups in total. The van der Waals surface area contributed by atoms with Gasteiger partial charge in [0.05, 0.1) is 0 Å². The normalized spacial score (nSPS) is 10.0. The van der Waals surface area contributed by atoms with Gasteiger partial charge in [0.1, 0.15) is 0 Å². The van der Waals surface area contributed by atoms with Gasteiger partial charge in [0.2, 0.25) is 0 Å². The largest absolute Gasteiger partial charge is 0.398 e. The van der Waals surface area contributed by atoms with Gasteiger partial charge in [0.15, 0.2) is 0 Å². The molecule has 0 fully saturated rings. The summed E-state index contributed by atoms with van der Waals surface area (Å²) in [5, 5.41) is 4.73. The molecule has 0 atom stereocenters. The molecule has 3 nitrogen and oxygen atoms in total. The Labute approximate surface area is 135 Å². The number of amides is 1. The molecule has 1 amide bonds. The van der Waals surface area contributed by atoms with Crippen LogP contribution in [0.1, 0.15) is 15.9 Å². The average Bonchev–Trinajstić information content (AvgIpc) is 2.53. The van der Waals surface area contributed by atoms with Crippen LogP contribution in [-0.4, -0.2) is 5.91 Å². The van der Waals surface area contributed by atoms with Crippen molar-refractivity contribution in [2.45, 2.75) is 6.54 Å². The number of nitrogens with one attached hydrogen (secondary N) is 1. The topological polar surface area (TPSA) is 55.1 Å². The second-order valence-electron chi connectivity index (χ2n) is 4.92. The molecule has 22 heavy (non-hydrogen) atoms. The second-order valence-corrected chi connectivity index (χ2v) is 4.92. The number of halogens is 1. The minimum Gasteiger partial charge on any atom is -0.398 e. The van der Waals surface area contributed by atoms with Gasteiger partial charge >= 0.3 is 0 Å². The van der Waals surface area contributed by atoms with Gasteiger partial charge in [0, 0.05) is 23.2 Å². The molecular weight excluding hydrogens is 296 g/mol. The van der Waals surface area contributed by atoms with Crippen LogP contribution >= 0.6 is 12.4 Å². The fourth-order valence-electron chi connectivity index (χ4n) is 2.41. The van der Waals surface area contributed by atoms with Crippen molar-refractivity contribution in [2.75, 3.05) is 5.73 Å². The van der Waals surface area contributed by atoms with E-state index in [1.807, 2.05) is 66.7 Å². The number of nitrogen functional groups attached to an aromatic ring is 1. The maximum atomic E-state index is 12.4. The Bertz CT molecular complexity index is 787. The lowest BCUT2D eigenvalue weighted by atomic mass is 10.0. The van der Waals surface area contributed by atoms with Crippen molar-refractivity contribution < 1.29 is 4.79 Å². The Morgan fingerprint density at radius 3 is 2.32 bits per heavy atom. The van der Waals surface area contributed by atoms with Crippen molar-refractivity contribution in [3.8, 4) is 0 Å². The maximum Gasteiger partial charge on any atom is 0.252 e.